The average Bonchev–Trinajstić information content (AvgIpc) is 2.30. The van der Waals surface area contributed by atoms with Gasteiger partial charge in [0.25, 0.3) is 0 Å². The number of rotatable bonds is 5. The Bertz CT molecular complexity index is 263. The first-order valence-electron chi connectivity index (χ1n) is 6.25. The van der Waals surface area contributed by atoms with Crippen LogP contribution in [0.15, 0.2) is 30.3 Å². The highest BCUT2D eigenvalue weighted by atomic mass is 14.3. The highest BCUT2D eigenvalue weighted by Gasteiger charge is 2.21. The van der Waals surface area contributed by atoms with E-state index in [1.807, 2.05) is 0 Å². The fourth-order valence-corrected chi connectivity index (χ4v) is 2.38. The van der Waals surface area contributed by atoms with Crippen LogP contribution in [-0.2, 0) is 0 Å². The second-order valence-corrected chi connectivity index (χ2v) is 4.67. The second-order valence-electron chi connectivity index (χ2n) is 4.67. The predicted molar refractivity (Wildman–Crippen MR) is 68.1 cm³/mol. The van der Waals surface area contributed by atoms with Crippen molar-refractivity contribution in [3.8, 4) is 0 Å². The summed E-state index contributed by atoms with van der Waals surface area (Å²) in [4.78, 5) is 0. The molecule has 0 heterocycles. The van der Waals surface area contributed by atoms with Crippen LogP contribution in [0.25, 0.3) is 0 Å². The summed E-state index contributed by atoms with van der Waals surface area (Å²) in [6, 6.07) is 11.0. The molecule has 1 aromatic carbocycles. The van der Waals surface area contributed by atoms with Crippen LogP contribution in [-0.4, -0.2) is 0 Å². The van der Waals surface area contributed by atoms with E-state index in [9.17, 15) is 0 Å². The van der Waals surface area contributed by atoms with Crippen molar-refractivity contribution in [3.05, 3.63) is 35.9 Å². The predicted octanol–water partition coefficient (Wildman–Crippen LogP) is 4.86. The standard InChI is InChI=1S/C15H24/c1-5-12(3)13(4)15(6-2)14-10-8-7-9-11-14/h7-13,15H,5-6H2,1-4H3. The molecule has 84 valence electrons. The maximum Gasteiger partial charge on any atom is -0.0136 e. The van der Waals surface area contributed by atoms with Gasteiger partial charge in [0.2, 0.25) is 0 Å². The highest BCUT2D eigenvalue weighted by Crippen LogP contribution is 2.33. The minimum Gasteiger partial charge on any atom is -0.0651 e. The van der Waals surface area contributed by atoms with E-state index in [2.05, 4.69) is 58.0 Å². The van der Waals surface area contributed by atoms with E-state index in [1.165, 1.54) is 18.4 Å². The Kier molecular flexibility index (Phi) is 4.87. The van der Waals surface area contributed by atoms with E-state index in [-0.39, 0.29) is 0 Å². The van der Waals surface area contributed by atoms with Crippen LogP contribution in [0.2, 0.25) is 0 Å². The van der Waals surface area contributed by atoms with Crippen LogP contribution in [0.4, 0.5) is 0 Å². The highest BCUT2D eigenvalue weighted by molar-refractivity contribution is 5.20. The summed E-state index contributed by atoms with van der Waals surface area (Å²) in [5, 5.41) is 0. The van der Waals surface area contributed by atoms with Crippen LogP contribution in [0, 0.1) is 11.8 Å². The average molecular weight is 204 g/mol. The molecule has 0 fully saturated rings. The number of benzene rings is 1. The minimum absolute atomic E-state index is 0.723. The lowest BCUT2D eigenvalue weighted by Gasteiger charge is -2.28. The van der Waals surface area contributed by atoms with Crippen molar-refractivity contribution >= 4 is 0 Å². The van der Waals surface area contributed by atoms with Crippen molar-refractivity contribution in [2.24, 2.45) is 11.8 Å². The fraction of sp³-hybridized carbons (Fsp3) is 0.600. The van der Waals surface area contributed by atoms with Crippen molar-refractivity contribution in [1.82, 2.24) is 0 Å². The molecule has 0 spiro atoms. The first-order chi connectivity index (χ1) is 7.20. The van der Waals surface area contributed by atoms with Crippen molar-refractivity contribution in [1.29, 1.82) is 0 Å². The number of hydrogen-bond acceptors (Lipinski definition) is 0. The van der Waals surface area contributed by atoms with Crippen LogP contribution < -0.4 is 0 Å². The Hall–Kier alpha value is -0.780. The topological polar surface area (TPSA) is 0 Å². The molecule has 3 atom stereocenters. The molecule has 15 heavy (non-hydrogen) atoms. The van der Waals surface area contributed by atoms with Gasteiger partial charge in [0.15, 0.2) is 0 Å². The molecule has 0 aliphatic carbocycles. The molecule has 0 aliphatic rings. The lowest BCUT2D eigenvalue weighted by Crippen LogP contribution is -2.16. The molecule has 3 unspecified atom stereocenters. The van der Waals surface area contributed by atoms with E-state index >= 15 is 0 Å². The van der Waals surface area contributed by atoms with E-state index < -0.39 is 0 Å². The van der Waals surface area contributed by atoms with Gasteiger partial charge in [-0.15, -0.1) is 0 Å². The molecule has 0 nitrogen and oxygen atoms in total. The summed E-state index contributed by atoms with van der Waals surface area (Å²) in [6.45, 7) is 9.36. The zero-order valence-corrected chi connectivity index (χ0v) is 10.5. The van der Waals surface area contributed by atoms with Crippen molar-refractivity contribution in [3.63, 3.8) is 0 Å². The third kappa shape index (κ3) is 3.09. The van der Waals surface area contributed by atoms with Crippen LogP contribution in [0.3, 0.4) is 0 Å². The van der Waals surface area contributed by atoms with Crippen LogP contribution in [0.5, 0.6) is 0 Å². The van der Waals surface area contributed by atoms with Gasteiger partial charge in [0.05, 0.1) is 0 Å². The van der Waals surface area contributed by atoms with Crippen LogP contribution in [0.1, 0.15) is 52.0 Å². The smallest absolute Gasteiger partial charge is 0.0136 e. The van der Waals surface area contributed by atoms with E-state index in [1.54, 1.807) is 0 Å². The van der Waals surface area contributed by atoms with Crippen molar-refractivity contribution < 1.29 is 0 Å². The Labute approximate surface area is 94.7 Å². The lowest BCUT2D eigenvalue weighted by atomic mass is 9.77. The normalized spacial score (nSPS) is 17.1. The Morgan fingerprint density at radius 2 is 1.53 bits per heavy atom. The molecule has 0 radical (unpaired) electrons. The molecule has 0 N–H and O–H groups in total. The SMILES string of the molecule is CCC(C)C(C)C(CC)c1ccccc1. The maximum absolute atomic E-state index is 2.40. The van der Waals surface area contributed by atoms with Crippen LogP contribution >= 0.6 is 0 Å². The Balaban J connectivity index is 2.80. The maximum atomic E-state index is 2.40. The summed E-state index contributed by atoms with van der Waals surface area (Å²) in [5.74, 6) is 2.32. The summed E-state index contributed by atoms with van der Waals surface area (Å²) in [6.07, 6.45) is 2.53. The van der Waals surface area contributed by atoms with Gasteiger partial charge in [-0.1, -0.05) is 64.4 Å². The monoisotopic (exact) mass is 204 g/mol. The quantitative estimate of drug-likeness (QED) is 0.642. The molecule has 0 aromatic heterocycles. The Morgan fingerprint density at radius 3 is 2.00 bits per heavy atom. The van der Waals surface area contributed by atoms with E-state index in [0.29, 0.717) is 0 Å². The number of hydrogen-bond donors (Lipinski definition) is 0. The van der Waals surface area contributed by atoms with Gasteiger partial charge < -0.3 is 0 Å². The summed E-state index contributed by atoms with van der Waals surface area (Å²) >= 11 is 0. The largest absolute Gasteiger partial charge is 0.0651 e. The fourth-order valence-electron chi connectivity index (χ4n) is 2.38. The van der Waals surface area contributed by atoms with E-state index in [0.717, 1.165) is 17.8 Å². The van der Waals surface area contributed by atoms with Gasteiger partial charge in [-0.05, 0) is 29.7 Å². The third-order valence-electron chi connectivity index (χ3n) is 3.84. The summed E-state index contributed by atoms with van der Waals surface area (Å²) in [7, 11) is 0. The molecule has 0 amide bonds. The van der Waals surface area contributed by atoms with Gasteiger partial charge in [-0.2, -0.15) is 0 Å². The lowest BCUT2D eigenvalue weighted by molar-refractivity contribution is 0.311. The van der Waals surface area contributed by atoms with Crippen molar-refractivity contribution in [2.45, 2.75) is 46.5 Å². The second kappa shape index (κ2) is 5.95. The Morgan fingerprint density at radius 1 is 0.933 bits per heavy atom. The van der Waals surface area contributed by atoms with E-state index in [4.69, 9.17) is 0 Å². The van der Waals surface area contributed by atoms with Crippen molar-refractivity contribution in [2.75, 3.05) is 0 Å². The zero-order chi connectivity index (χ0) is 11.3. The summed E-state index contributed by atoms with van der Waals surface area (Å²) in [5.41, 5.74) is 1.51. The summed E-state index contributed by atoms with van der Waals surface area (Å²) < 4.78 is 0. The molecule has 0 bridgehead atoms. The van der Waals surface area contributed by atoms with Gasteiger partial charge >= 0.3 is 0 Å². The molecule has 0 aliphatic heterocycles. The van der Waals surface area contributed by atoms with Gasteiger partial charge in [-0.25, -0.2) is 0 Å². The molecular formula is C15H24. The molecule has 1 aromatic rings. The van der Waals surface area contributed by atoms with Gasteiger partial charge in [0.1, 0.15) is 0 Å². The molecule has 0 heteroatoms. The molecule has 1 rings (SSSR count). The molecular weight excluding hydrogens is 180 g/mol. The first-order valence-corrected chi connectivity index (χ1v) is 6.25. The third-order valence-corrected chi connectivity index (χ3v) is 3.84. The van der Waals surface area contributed by atoms with Gasteiger partial charge in [-0.3, -0.25) is 0 Å². The minimum atomic E-state index is 0.723. The van der Waals surface area contributed by atoms with Gasteiger partial charge in [0, 0.05) is 0 Å². The first kappa shape index (κ1) is 12.3. The molecule has 0 saturated carbocycles. The molecule has 0 saturated heterocycles. The zero-order valence-electron chi connectivity index (χ0n) is 10.5.